The molecule has 0 atom stereocenters. The maximum Gasteiger partial charge on any atom is 0.267 e. The number of aryl methyl sites for hydroxylation is 1. The summed E-state index contributed by atoms with van der Waals surface area (Å²) in [6.45, 7) is 1.90. The van der Waals surface area contributed by atoms with Crippen LogP contribution in [0.25, 0.3) is 11.2 Å². The van der Waals surface area contributed by atoms with Crippen molar-refractivity contribution in [3.05, 3.63) is 34.5 Å². The van der Waals surface area contributed by atoms with Gasteiger partial charge in [-0.05, 0) is 23.9 Å². The van der Waals surface area contributed by atoms with E-state index in [1.165, 1.54) is 24.0 Å². The standard InChI is InChI=1S/C11H9N5OS/c1-6-2-3-18-8(6)11(17)16-10-7-9(13-4-12-7)14-5-15-10/h2-5H,1H3,(H2,12,13,14,15,16,17). The van der Waals surface area contributed by atoms with Crippen molar-refractivity contribution in [3.8, 4) is 0 Å². The van der Waals surface area contributed by atoms with E-state index in [9.17, 15) is 4.79 Å². The summed E-state index contributed by atoms with van der Waals surface area (Å²) in [5.41, 5.74) is 2.11. The van der Waals surface area contributed by atoms with E-state index in [0.717, 1.165) is 5.56 Å². The Labute approximate surface area is 106 Å². The average Bonchev–Trinajstić information content (AvgIpc) is 2.97. The number of nitrogens with zero attached hydrogens (tertiary/aromatic N) is 3. The zero-order valence-electron chi connectivity index (χ0n) is 9.47. The van der Waals surface area contributed by atoms with Gasteiger partial charge < -0.3 is 10.3 Å². The van der Waals surface area contributed by atoms with Crippen LogP contribution in [0.5, 0.6) is 0 Å². The van der Waals surface area contributed by atoms with Gasteiger partial charge in [0.05, 0.1) is 11.2 Å². The van der Waals surface area contributed by atoms with Crippen molar-refractivity contribution in [2.24, 2.45) is 0 Å². The van der Waals surface area contributed by atoms with Gasteiger partial charge >= 0.3 is 0 Å². The van der Waals surface area contributed by atoms with Crippen LogP contribution in [0.15, 0.2) is 24.1 Å². The van der Waals surface area contributed by atoms with Gasteiger partial charge in [0.2, 0.25) is 0 Å². The van der Waals surface area contributed by atoms with Crippen LogP contribution in [0.3, 0.4) is 0 Å². The molecule has 0 radical (unpaired) electrons. The van der Waals surface area contributed by atoms with Crippen LogP contribution in [0.4, 0.5) is 5.82 Å². The van der Waals surface area contributed by atoms with Crippen molar-refractivity contribution in [2.75, 3.05) is 5.32 Å². The average molecular weight is 259 g/mol. The molecule has 0 aliphatic carbocycles. The van der Waals surface area contributed by atoms with E-state index >= 15 is 0 Å². The topological polar surface area (TPSA) is 83.6 Å². The van der Waals surface area contributed by atoms with Crippen molar-refractivity contribution in [2.45, 2.75) is 6.92 Å². The minimum absolute atomic E-state index is 0.169. The lowest BCUT2D eigenvalue weighted by Gasteiger charge is -2.03. The molecule has 3 heterocycles. The molecule has 0 fully saturated rings. The molecule has 0 spiro atoms. The number of carbonyl (C=O) groups excluding carboxylic acids is 1. The molecule has 0 aromatic carbocycles. The Bertz CT molecular complexity index is 717. The zero-order chi connectivity index (χ0) is 12.5. The molecule has 7 heteroatoms. The molecule has 18 heavy (non-hydrogen) atoms. The fraction of sp³-hybridized carbons (Fsp3) is 0.0909. The summed E-state index contributed by atoms with van der Waals surface area (Å²) in [6.07, 6.45) is 2.89. The number of hydrogen-bond acceptors (Lipinski definition) is 5. The van der Waals surface area contributed by atoms with Gasteiger partial charge in [-0.1, -0.05) is 0 Å². The molecule has 3 rings (SSSR count). The Hall–Kier alpha value is -2.28. The molecule has 6 nitrogen and oxygen atoms in total. The number of anilines is 1. The fourth-order valence-electron chi connectivity index (χ4n) is 1.63. The van der Waals surface area contributed by atoms with E-state index in [1.54, 1.807) is 0 Å². The molecule has 2 N–H and O–H groups in total. The zero-order valence-corrected chi connectivity index (χ0v) is 10.3. The number of aromatic nitrogens is 4. The van der Waals surface area contributed by atoms with Crippen molar-refractivity contribution < 1.29 is 4.79 Å². The molecule has 0 bridgehead atoms. The number of carbonyl (C=O) groups is 1. The van der Waals surface area contributed by atoms with Gasteiger partial charge in [0.15, 0.2) is 11.5 Å². The van der Waals surface area contributed by atoms with Crippen LogP contribution >= 0.6 is 11.3 Å². The second-order valence-electron chi connectivity index (χ2n) is 3.71. The number of imidazole rings is 1. The van der Waals surface area contributed by atoms with Gasteiger partial charge in [-0.2, -0.15) is 0 Å². The monoisotopic (exact) mass is 259 g/mol. The Morgan fingerprint density at radius 2 is 2.28 bits per heavy atom. The molecular weight excluding hydrogens is 250 g/mol. The molecule has 1 amide bonds. The predicted molar refractivity (Wildman–Crippen MR) is 68.7 cm³/mol. The highest BCUT2D eigenvalue weighted by molar-refractivity contribution is 7.12. The van der Waals surface area contributed by atoms with Crippen LogP contribution < -0.4 is 5.32 Å². The highest BCUT2D eigenvalue weighted by Gasteiger charge is 2.13. The third-order valence-corrected chi connectivity index (χ3v) is 3.54. The molecule has 3 aromatic heterocycles. The first kappa shape index (κ1) is 10.8. The number of H-pyrrole nitrogens is 1. The molecule has 0 unspecified atom stereocenters. The molecule has 90 valence electrons. The summed E-state index contributed by atoms with van der Waals surface area (Å²) < 4.78 is 0. The van der Waals surface area contributed by atoms with Gasteiger partial charge in [-0.15, -0.1) is 11.3 Å². The quantitative estimate of drug-likeness (QED) is 0.737. The first-order valence-electron chi connectivity index (χ1n) is 5.25. The molecule has 0 aliphatic rings. The van der Waals surface area contributed by atoms with Crippen LogP contribution in [0, 0.1) is 6.92 Å². The highest BCUT2D eigenvalue weighted by atomic mass is 32.1. The van der Waals surface area contributed by atoms with Crippen molar-refractivity contribution in [1.82, 2.24) is 19.9 Å². The second-order valence-corrected chi connectivity index (χ2v) is 4.63. The van der Waals surface area contributed by atoms with E-state index in [2.05, 4.69) is 25.3 Å². The molecule has 0 saturated heterocycles. The number of aromatic amines is 1. The van der Waals surface area contributed by atoms with Gasteiger partial charge in [-0.3, -0.25) is 4.79 Å². The van der Waals surface area contributed by atoms with Crippen molar-refractivity contribution in [3.63, 3.8) is 0 Å². The summed E-state index contributed by atoms with van der Waals surface area (Å²) >= 11 is 1.40. The number of rotatable bonds is 2. The van der Waals surface area contributed by atoms with Crippen molar-refractivity contribution in [1.29, 1.82) is 0 Å². The normalized spacial score (nSPS) is 10.7. The van der Waals surface area contributed by atoms with Gasteiger partial charge in [-0.25, -0.2) is 15.0 Å². The number of hydrogen-bond donors (Lipinski definition) is 2. The number of fused-ring (bicyclic) bond motifs is 1. The maximum atomic E-state index is 12.1. The largest absolute Gasteiger partial charge is 0.340 e. The van der Waals surface area contributed by atoms with Crippen LogP contribution in [0.1, 0.15) is 15.2 Å². The van der Waals surface area contributed by atoms with E-state index in [0.29, 0.717) is 21.9 Å². The third-order valence-electron chi connectivity index (χ3n) is 2.52. The lowest BCUT2D eigenvalue weighted by Crippen LogP contribution is -2.13. The molecule has 0 saturated carbocycles. The Balaban J connectivity index is 1.95. The van der Waals surface area contributed by atoms with E-state index < -0.39 is 0 Å². The second kappa shape index (κ2) is 4.19. The summed E-state index contributed by atoms with van der Waals surface area (Å²) in [7, 11) is 0. The third kappa shape index (κ3) is 1.74. The summed E-state index contributed by atoms with van der Waals surface area (Å²) in [5, 5.41) is 4.65. The Morgan fingerprint density at radius 1 is 1.39 bits per heavy atom. The Kier molecular flexibility index (Phi) is 2.52. The van der Waals surface area contributed by atoms with E-state index in [-0.39, 0.29) is 5.91 Å². The minimum Gasteiger partial charge on any atom is -0.340 e. The predicted octanol–water partition coefficient (Wildman–Crippen LogP) is 1.98. The number of nitrogens with one attached hydrogen (secondary N) is 2. The van der Waals surface area contributed by atoms with E-state index in [1.807, 2.05) is 18.4 Å². The van der Waals surface area contributed by atoms with Gasteiger partial charge in [0.25, 0.3) is 5.91 Å². The van der Waals surface area contributed by atoms with Crippen molar-refractivity contribution >= 4 is 34.2 Å². The number of amides is 1. The Morgan fingerprint density at radius 3 is 3.06 bits per heavy atom. The summed E-state index contributed by atoms with van der Waals surface area (Å²) in [5.74, 6) is 0.271. The minimum atomic E-state index is -0.169. The smallest absolute Gasteiger partial charge is 0.267 e. The first-order valence-corrected chi connectivity index (χ1v) is 6.13. The molecule has 3 aromatic rings. The SMILES string of the molecule is Cc1ccsc1C(=O)Nc1ncnc2nc[nH]c12. The van der Waals surface area contributed by atoms with Gasteiger partial charge in [0, 0.05) is 0 Å². The van der Waals surface area contributed by atoms with Gasteiger partial charge in [0.1, 0.15) is 11.8 Å². The molecular formula is C11H9N5OS. The van der Waals surface area contributed by atoms with Crippen LogP contribution in [0.2, 0.25) is 0 Å². The fourth-order valence-corrected chi connectivity index (χ4v) is 2.45. The summed E-state index contributed by atoms with van der Waals surface area (Å²) in [6, 6.07) is 1.91. The first-order chi connectivity index (χ1) is 8.75. The lowest BCUT2D eigenvalue weighted by molar-refractivity contribution is 0.103. The highest BCUT2D eigenvalue weighted by Crippen LogP contribution is 2.19. The van der Waals surface area contributed by atoms with Crippen LogP contribution in [-0.4, -0.2) is 25.8 Å². The maximum absolute atomic E-state index is 12.1. The van der Waals surface area contributed by atoms with Crippen LogP contribution in [-0.2, 0) is 0 Å². The lowest BCUT2D eigenvalue weighted by atomic mass is 10.3. The molecule has 0 aliphatic heterocycles. The summed E-state index contributed by atoms with van der Waals surface area (Å²) in [4.78, 5) is 27.7. The van der Waals surface area contributed by atoms with E-state index in [4.69, 9.17) is 0 Å². The number of thiophene rings is 1.